The number of benzene rings is 1. The van der Waals surface area contributed by atoms with Crippen molar-refractivity contribution in [3.63, 3.8) is 0 Å². The van der Waals surface area contributed by atoms with Crippen molar-refractivity contribution in [1.29, 1.82) is 0 Å². The number of rotatable bonds is 2. The normalized spacial score (nSPS) is 10.6. The third-order valence-corrected chi connectivity index (χ3v) is 2.25. The van der Waals surface area contributed by atoms with E-state index in [-0.39, 0.29) is 12.1 Å². The van der Waals surface area contributed by atoms with Crippen LogP contribution in [0, 0.1) is 17.5 Å². The van der Waals surface area contributed by atoms with Gasteiger partial charge in [-0.05, 0) is 17.7 Å². The number of aromatic nitrogens is 2. The van der Waals surface area contributed by atoms with Gasteiger partial charge in [0.1, 0.15) is 11.6 Å². The van der Waals surface area contributed by atoms with E-state index in [1.165, 1.54) is 0 Å². The van der Waals surface area contributed by atoms with Gasteiger partial charge >= 0.3 is 5.69 Å². The molecule has 0 aliphatic carbocycles. The summed E-state index contributed by atoms with van der Waals surface area (Å²) in [4.78, 5) is 14.6. The predicted molar refractivity (Wildman–Crippen MR) is 58.3 cm³/mol. The standard InChI is InChI=1S/C11H8F3N3O/c12-7-1-6(2-8(13)3-7)4-17-5-9(14)10(15)16-11(17)18/h1-3,5H,4H2,(H2,15,16,18). The van der Waals surface area contributed by atoms with Crippen LogP contribution in [0.15, 0.2) is 29.2 Å². The van der Waals surface area contributed by atoms with Crippen LogP contribution in [-0.4, -0.2) is 9.55 Å². The maximum absolute atomic E-state index is 13.1. The molecule has 7 heteroatoms. The van der Waals surface area contributed by atoms with Gasteiger partial charge in [0, 0.05) is 12.3 Å². The van der Waals surface area contributed by atoms with Crippen LogP contribution in [0.1, 0.15) is 5.56 Å². The van der Waals surface area contributed by atoms with Crippen LogP contribution in [0.3, 0.4) is 0 Å². The summed E-state index contributed by atoms with van der Waals surface area (Å²) in [6.07, 6.45) is 0.841. The lowest BCUT2D eigenvalue weighted by atomic mass is 10.2. The SMILES string of the molecule is Nc1nc(=O)n(Cc2cc(F)cc(F)c2)cc1F. The molecule has 94 valence electrons. The number of hydrogen-bond acceptors (Lipinski definition) is 3. The molecule has 0 radical (unpaired) electrons. The molecule has 1 aromatic carbocycles. The van der Waals surface area contributed by atoms with Crippen LogP contribution in [-0.2, 0) is 6.54 Å². The molecule has 0 aliphatic heterocycles. The van der Waals surface area contributed by atoms with Crippen LogP contribution >= 0.6 is 0 Å². The minimum absolute atomic E-state index is 0.181. The number of nitrogen functional groups attached to an aromatic ring is 1. The summed E-state index contributed by atoms with van der Waals surface area (Å²) in [5, 5.41) is 0. The first-order chi connectivity index (χ1) is 8.45. The van der Waals surface area contributed by atoms with Crippen molar-refractivity contribution in [3.05, 3.63) is 57.9 Å². The second-order valence-electron chi connectivity index (χ2n) is 3.66. The Hall–Kier alpha value is -2.31. The Kier molecular flexibility index (Phi) is 3.05. The first-order valence-electron chi connectivity index (χ1n) is 4.93. The lowest BCUT2D eigenvalue weighted by molar-refractivity contribution is 0.569. The third-order valence-electron chi connectivity index (χ3n) is 2.25. The predicted octanol–water partition coefficient (Wildman–Crippen LogP) is 1.29. The zero-order valence-electron chi connectivity index (χ0n) is 9.03. The van der Waals surface area contributed by atoms with Gasteiger partial charge in [0.25, 0.3) is 0 Å². The lowest BCUT2D eigenvalue weighted by Gasteiger charge is -2.06. The van der Waals surface area contributed by atoms with Gasteiger partial charge in [-0.25, -0.2) is 18.0 Å². The summed E-state index contributed by atoms with van der Waals surface area (Å²) in [6, 6.07) is 2.79. The smallest absolute Gasteiger partial charge is 0.350 e. The van der Waals surface area contributed by atoms with E-state index in [0.29, 0.717) is 6.07 Å². The molecule has 1 aromatic heterocycles. The van der Waals surface area contributed by atoms with Gasteiger partial charge in [0.15, 0.2) is 11.6 Å². The van der Waals surface area contributed by atoms with E-state index in [1.54, 1.807) is 0 Å². The van der Waals surface area contributed by atoms with Crippen LogP contribution in [0.5, 0.6) is 0 Å². The Morgan fingerprint density at radius 3 is 2.39 bits per heavy atom. The van der Waals surface area contributed by atoms with Crippen LogP contribution in [0.25, 0.3) is 0 Å². The molecule has 0 aliphatic rings. The zero-order chi connectivity index (χ0) is 13.3. The van der Waals surface area contributed by atoms with Gasteiger partial charge in [-0.1, -0.05) is 0 Å². The van der Waals surface area contributed by atoms with Crippen LogP contribution < -0.4 is 11.4 Å². The molecule has 0 unspecified atom stereocenters. The summed E-state index contributed by atoms with van der Waals surface area (Å²) in [7, 11) is 0. The molecule has 0 amide bonds. The minimum atomic E-state index is -0.869. The van der Waals surface area contributed by atoms with Crippen molar-refractivity contribution < 1.29 is 13.2 Å². The highest BCUT2D eigenvalue weighted by atomic mass is 19.1. The zero-order valence-corrected chi connectivity index (χ0v) is 9.03. The minimum Gasteiger partial charge on any atom is -0.381 e. The Labute approximate surface area is 99.5 Å². The van der Waals surface area contributed by atoms with E-state index in [0.717, 1.165) is 22.9 Å². The van der Waals surface area contributed by atoms with E-state index < -0.39 is 29.0 Å². The molecule has 18 heavy (non-hydrogen) atoms. The molecule has 0 saturated carbocycles. The first-order valence-corrected chi connectivity index (χ1v) is 4.93. The van der Waals surface area contributed by atoms with Gasteiger partial charge in [-0.3, -0.25) is 4.57 Å². The summed E-state index contributed by atoms with van der Waals surface area (Å²) in [6.45, 7) is -0.197. The quantitative estimate of drug-likeness (QED) is 0.879. The molecule has 2 N–H and O–H groups in total. The molecular formula is C11H8F3N3O. The summed E-state index contributed by atoms with van der Waals surface area (Å²) in [5.41, 5.74) is 4.50. The van der Waals surface area contributed by atoms with E-state index >= 15 is 0 Å². The van der Waals surface area contributed by atoms with Crippen molar-refractivity contribution in [2.75, 3.05) is 5.73 Å². The fraction of sp³-hybridized carbons (Fsp3) is 0.0909. The van der Waals surface area contributed by atoms with Gasteiger partial charge in [-0.15, -0.1) is 0 Å². The number of nitrogens with zero attached hydrogens (tertiary/aromatic N) is 2. The average Bonchev–Trinajstić information content (AvgIpc) is 2.24. The number of anilines is 1. The summed E-state index contributed by atoms with van der Waals surface area (Å²) < 4.78 is 39.9. The second-order valence-corrected chi connectivity index (χ2v) is 3.66. The van der Waals surface area contributed by atoms with Gasteiger partial charge in [0.2, 0.25) is 0 Å². The molecule has 2 rings (SSSR count). The molecule has 0 saturated heterocycles. The Balaban J connectivity index is 2.40. The highest BCUT2D eigenvalue weighted by Gasteiger charge is 2.07. The van der Waals surface area contributed by atoms with E-state index in [9.17, 15) is 18.0 Å². The van der Waals surface area contributed by atoms with Crippen molar-refractivity contribution in [2.45, 2.75) is 6.54 Å². The Morgan fingerprint density at radius 1 is 1.17 bits per heavy atom. The number of nitrogens with two attached hydrogens (primary N) is 1. The van der Waals surface area contributed by atoms with Crippen molar-refractivity contribution in [3.8, 4) is 0 Å². The molecule has 0 fully saturated rings. The van der Waals surface area contributed by atoms with E-state index in [2.05, 4.69) is 4.98 Å². The van der Waals surface area contributed by atoms with Crippen molar-refractivity contribution >= 4 is 5.82 Å². The molecule has 0 spiro atoms. The number of hydrogen-bond donors (Lipinski definition) is 1. The number of halogens is 3. The summed E-state index contributed by atoms with van der Waals surface area (Å²) in [5.74, 6) is -2.93. The van der Waals surface area contributed by atoms with E-state index in [4.69, 9.17) is 5.73 Å². The maximum Gasteiger partial charge on any atom is 0.350 e. The van der Waals surface area contributed by atoms with Crippen molar-refractivity contribution in [2.24, 2.45) is 0 Å². The Morgan fingerprint density at radius 2 is 1.78 bits per heavy atom. The highest BCUT2D eigenvalue weighted by molar-refractivity contribution is 5.27. The monoisotopic (exact) mass is 255 g/mol. The molecular weight excluding hydrogens is 247 g/mol. The fourth-order valence-corrected chi connectivity index (χ4v) is 1.49. The first kappa shape index (κ1) is 12.2. The lowest BCUT2D eigenvalue weighted by Crippen LogP contribution is -2.25. The van der Waals surface area contributed by atoms with Crippen LogP contribution in [0.4, 0.5) is 19.0 Å². The van der Waals surface area contributed by atoms with Crippen molar-refractivity contribution in [1.82, 2.24) is 9.55 Å². The van der Waals surface area contributed by atoms with Gasteiger partial charge in [-0.2, -0.15) is 4.98 Å². The molecule has 1 heterocycles. The van der Waals surface area contributed by atoms with Gasteiger partial charge in [0.05, 0.1) is 6.54 Å². The molecule has 0 bridgehead atoms. The largest absolute Gasteiger partial charge is 0.381 e. The Bertz CT molecular complexity index is 634. The third kappa shape index (κ3) is 2.50. The molecule has 2 aromatic rings. The fourth-order valence-electron chi connectivity index (χ4n) is 1.49. The van der Waals surface area contributed by atoms with Crippen LogP contribution in [0.2, 0.25) is 0 Å². The topological polar surface area (TPSA) is 60.9 Å². The summed E-state index contributed by atoms with van der Waals surface area (Å²) >= 11 is 0. The second kappa shape index (κ2) is 4.52. The van der Waals surface area contributed by atoms with E-state index in [1.807, 2.05) is 0 Å². The molecule has 4 nitrogen and oxygen atoms in total. The highest BCUT2D eigenvalue weighted by Crippen LogP contribution is 2.09. The van der Waals surface area contributed by atoms with Gasteiger partial charge < -0.3 is 5.73 Å². The molecule has 0 atom stereocenters. The maximum atomic E-state index is 13.1. The average molecular weight is 255 g/mol.